The van der Waals surface area contributed by atoms with E-state index in [2.05, 4.69) is 9.52 Å². The molecule has 0 aliphatic heterocycles. The van der Waals surface area contributed by atoms with Crippen LogP contribution in [0.5, 0.6) is 0 Å². The number of aromatic nitrogens is 2. The van der Waals surface area contributed by atoms with E-state index in [0.717, 1.165) is 4.68 Å². The fourth-order valence-corrected chi connectivity index (χ4v) is 0.596. The molecular weight excluding hydrogens is 152 g/mol. The van der Waals surface area contributed by atoms with E-state index >= 15 is 0 Å². The first-order valence-corrected chi connectivity index (χ1v) is 2.84. The Hall–Kier alpha value is -1.59. The van der Waals surface area contributed by atoms with Gasteiger partial charge >= 0.3 is 11.7 Å². The quantitative estimate of drug-likeness (QED) is 0.596. The van der Waals surface area contributed by atoms with Gasteiger partial charge in [-0.3, -0.25) is 4.79 Å². The minimum Gasteiger partial charge on any atom is -0.481 e. The van der Waals surface area contributed by atoms with Crippen molar-refractivity contribution >= 4 is 5.97 Å². The largest absolute Gasteiger partial charge is 0.481 e. The number of aliphatic carboxylic acids is 1. The van der Waals surface area contributed by atoms with E-state index in [1.54, 1.807) is 0 Å². The highest BCUT2D eigenvalue weighted by Gasteiger charge is 2.08. The molecule has 1 N–H and O–H groups in total. The molecular formula is C5H6N2O4. The van der Waals surface area contributed by atoms with Crippen molar-refractivity contribution in [3.05, 3.63) is 16.4 Å². The van der Waals surface area contributed by atoms with E-state index in [-0.39, 0.29) is 12.3 Å². The van der Waals surface area contributed by atoms with Crippen LogP contribution in [0.1, 0.15) is 5.89 Å². The van der Waals surface area contributed by atoms with Crippen LogP contribution in [0.15, 0.2) is 9.21 Å². The third-order valence-electron chi connectivity index (χ3n) is 1.03. The molecule has 1 aromatic rings. The summed E-state index contributed by atoms with van der Waals surface area (Å²) in [6.07, 6.45) is -0.365. The number of carbonyl (C=O) groups is 1. The first-order chi connectivity index (χ1) is 5.09. The van der Waals surface area contributed by atoms with Gasteiger partial charge in [0.05, 0.1) is 0 Å². The molecule has 0 saturated heterocycles. The van der Waals surface area contributed by atoms with Gasteiger partial charge in [-0.1, -0.05) is 0 Å². The first-order valence-electron chi connectivity index (χ1n) is 2.84. The van der Waals surface area contributed by atoms with Crippen molar-refractivity contribution < 1.29 is 14.3 Å². The highest BCUT2D eigenvalue weighted by atomic mass is 16.4. The SMILES string of the molecule is Cn1nc(CC(=O)O)oc1=O. The monoisotopic (exact) mass is 158 g/mol. The van der Waals surface area contributed by atoms with E-state index in [0.29, 0.717) is 0 Å². The third kappa shape index (κ3) is 1.66. The number of carboxylic acids is 1. The Morgan fingerprint density at radius 1 is 1.82 bits per heavy atom. The fraction of sp³-hybridized carbons (Fsp3) is 0.400. The topological polar surface area (TPSA) is 85.3 Å². The van der Waals surface area contributed by atoms with Gasteiger partial charge in [-0.05, 0) is 0 Å². The Balaban J connectivity index is 2.89. The summed E-state index contributed by atoms with van der Waals surface area (Å²) in [4.78, 5) is 20.6. The van der Waals surface area contributed by atoms with Crippen molar-refractivity contribution in [1.29, 1.82) is 0 Å². The predicted octanol–water partition coefficient (Wildman–Crippen LogP) is -1.000. The smallest absolute Gasteiger partial charge is 0.436 e. The van der Waals surface area contributed by atoms with Crippen molar-refractivity contribution in [3.63, 3.8) is 0 Å². The standard InChI is InChI=1S/C5H6N2O4/c1-7-5(10)11-3(6-7)2-4(8)9/h2H2,1H3,(H,8,9). The van der Waals surface area contributed by atoms with Crippen LogP contribution < -0.4 is 5.76 Å². The molecule has 0 aliphatic carbocycles. The maximum absolute atomic E-state index is 10.6. The number of nitrogens with zero attached hydrogens (tertiary/aromatic N) is 2. The second-order valence-corrected chi connectivity index (χ2v) is 1.96. The number of carboxylic acid groups (broad SMARTS) is 1. The zero-order valence-electron chi connectivity index (χ0n) is 5.77. The lowest BCUT2D eigenvalue weighted by atomic mass is 10.4. The Labute approximate surface area is 61.1 Å². The Kier molecular flexibility index (Phi) is 1.75. The maximum atomic E-state index is 10.6. The normalized spacial score (nSPS) is 9.91. The summed E-state index contributed by atoms with van der Waals surface area (Å²) in [6.45, 7) is 0. The zero-order valence-corrected chi connectivity index (χ0v) is 5.77. The lowest BCUT2D eigenvalue weighted by Crippen LogP contribution is -2.09. The van der Waals surface area contributed by atoms with Gasteiger partial charge in [0.15, 0.2) is 0 Å². The third-order valence-corrected chi connectivity index (χ3v) is 1.03. The average molecular weight is 158 g/mol. The molecule has 0 aliphatic rings. The van der Waals surface area contributed by atoms with Crippen molar-refractivity contribution in [2.24, 2.45) is 7.05 Å². The summed E-state index contributed by atoms with van der Waals surface area (Å²) in [7, 11) is 1.39. The molecule has 0 aromatic carbocycles. The van der Waals surface area contributed by atoms with Crippen LogP contribution in [-0.2, 0) is 18.3 Å². The van der Waals surface area contributed by atoms with Gasteiger partial charge < -0.3 is 9.52 Å². The van der Waals surface area contributed by atoms with Gasteiger partial charge in [0, 0.05) is 7.05 Å². The second-order valence-electron chi connectivity index (χ2n) is 1.96. The molecule has 0 saturated carbocycles. The highest BCUT2D eigenvalue weighted by Crippen LogP contribution is 1.89. The summed E-state index contributed by atoms with van der Waals surface area (Å²) in [5.41, 5.74) is 0. The predicted molar refractivity (Wildman–Crippen MR) is 33.1 cm³/mol. The van der Waals surface area contributed by atoms with Gasteiger partial charge in [-0.2, -0.15) is 4.68 Å². The average Bonchev–Trinajstić information content (AvgIpc) is 2.10. The van der Waals surface area contributed by atoms with Gasteiger partial charge in [0.25, 0.3) is 0 Å². The lowest BCUT2D eigenvalue weighted by molar-refractivity contribution is -0.136. The fourth-order valence-electron chi connectivity index (χ4n) is 0.596. The molecule has 0 radical (unpaired) electrons. The van der Waals surface area contributed by atoms with Crippen LogP contribution >= 0.6 is 0 Å². The molecule has 1 rings (SSSR count). The zero-order chi connectivity index (χ0) is 8.43. The molecule has 1 aromatic heterocycles. The molecule has 0 unspecified atom stereocenters. The van der Waals surface area contributed by atoms with Crippen LogP contribution in [0.25, 0.3) is 0 Å². The lowest BCUT2D eigenvalue weighted by Gasteiger charge is -1.83. The van der Waals surface area contributed by atoms with Gasteiger partial charge in [0.1, 0.15) is 6.42 Å². The van der Waals surface area contributed by atoms with E-state index < -0.39 is 11.7 Å². The minimum absolute atomic E-state index is 0.0787. The summed E-state index contributed by atoms with van der Waals surface area (Å²) >= 11 is 0. The molecule has 0 amide bonds. The van der Waals surface area contributed by atoms with Gasteiger partial charge in [-0.25, -0.2) is 4.79 Å². The molecule has 0 atom stereocenters. The maximum Gasteiger partial charge on any atom is 0.436 e. The van der Waals surface area contributed by atoms with Crippen LogP contribution in [0.2, 0.25) is 0 Å². The van der Waals surface area contributed by atoms with Gasteiger partial charge in [0.2, 0.25) is 5.89 Å². The second kappa shape index (κ2) is 2.57. The van der Waals surface area contributed by atoms with Gasteiger partial charge in [-0.15, -0.1) is 5.10 Å². The molecule has 0 spiro atoms. The van der Waals surface area contributed by atoms with Crippen molar-refractivity contribution in [2.75, 3.05) is 0 Å². The number of hydrogen-bond donors (Lipinski definition) is 1. The van der Waals surface area contributed by atoms with Crippen LogP contribution in [0.3, 0.4) is 0 Å². The molecule has 0 fully saturated rings. The molecule has 11 heavy (non-hydrogen) atoms. The van der Waals surface area contributed by atoms with Crippen LogP contribution in [-0.4, -0.2) is 20.9 Å². The highest BCUT2D eigenvalue weighted by molar-refractivity contribution is 5.68. The summed E-state index contributed by atoms with van der Waals surface area (Å²) in [6, 6.07) is 0. The Morgan fingerprint density at radius 2 is 2.45 bits per heavy atom. The molecule has 0 bridgehead atoms. The summed E-state index contributed by atoms with van der Waals surface area (Å²) < 4.78 is 5.38. The van der Waals surface area contributed by atoms with E-state index in [1.165, 1.54) is 7.05 Å². The van der Waals surface area contributed by atoms with Crippen LogP contribution in [0, 0.1) is 0 Å². The Morgan fingerprint density at radius 3 is 2.82 bits per heavy atom. The van der Waals surface area contributed by atoms with E-state index in [1.807, 2.05) is 0 Å². The van der Waals surface area contributed by atoms with Crippen molar-refractivity contribution in [3.8, 4) is 0 Å². The minimum atomic E-state index is -1.08. The molecule has 6 heteroatoms. The molecule has 6 nitrogen and oxygen atoms in total. The summed E-state index contributed by atoms with van der Waals surface area (Å²) in [5.74, 6) is -1.81. The molecule has 60 valence electrons. The summed E-state index contributed by atoms with van der Waals surface area (Å²) in [5, 5.41) is 11.8. The van der Waals surface area contributed by atoms with Crippen molar-refractivity contribution in [2.45, 2.75) is 6.42 Å². The van der Waals surface area contributed by atoms with E-state index in [4.69, 9.17) is 5.11 Å². The first kappa shape index (κ1) is 7.52. The van der Waals surface area contributed by atoms with Crippen LogP contribution in [0.4, 0.5) is 0 Å². The number of rotatable bonds is 2. The number of aryl methyl sites for hydroxylation is 1. The van der Waals surface area contributed by atoms with E-state index in [9.17, 15) is 9.59 Å². The number of hydrogen-bond acceptors (Lipinski definition) is 4. The Bertz CT molecular complexity index is 323. The van der Waals surface area contributed by atoms with Crippen molar-refractivity contribution in [1.82, 2.24) is 9.78 Å². The molecule has 1 heterocycles.